The smallest absolute Gasteiger partial charge is 0.185 e. The molecule has 0 saturated carbocycles. The van der Waals surface area contributed by atoms with Gasteiger partial charge in [0.15, 0.2) is 5.78 Å². The second kappa shape index (κ2) is 5.00. The third-order valence-corrected chi connectivity index (χ3v) is 3.07. The molecule has 2 N–H and O–H groups in total. The summed E-state index contributed by atoms with van der Waals surface area (Å²) in [6.45, 7) is 1.94. The van der Waals surface area contributed by atoms with Crippen LogP contribution in [0.2, 0.25) is 10.0 Å². The van der Waals surface area contributed by atoms with Crippen molar-refractivity contribution in [1.82, 2.24) is 9.78 Å². The Morgan fingerprint density at radius 3 is 2.67 bits per heavy atom. The van der Waals surface area contributed by atoms with Crippen molar-refractivity contribution in [2.75, 3.05) is 5.73 Å². The Hall–Kier alpha value is -1.52. The average molecular weight is 284 g/mol. The summed E-state index contributed by atoms with van der Waals surface area (Å²) in [5, 5.41) is 4.86. The summed E-state index contributed by atoms with van der Waals surface area (Å²) in [5.41, 5.74) is 6.81. The first-order valence-corrected chi connectivity index (χ1v) is 6.01. The van der Waals surface area contributed by atoms with Crippen LogP contribution in [0.1, 0.15) is 16.1 Å². The van der Waals surface area contributed by atoms with Gasteiger partial charge in [-0.25, -0.2) is 0 Å². The number of anilines is 1. The van der Waals surface area contributed by atoms with Gasteiger partial charge in [0.25, 0.3) is 0 Å². The van der Waals surface area contributed by atoms with Crippen molar-refractivity contribution in [3.63, 3.8) is 0 Å². The lowest BCUT2D eigenvalue weighted by Gasteiger charge is -2.05. The van der Waals surface area contributed by atoms with Gasteiger partial charge in [-0.2, -0.15) is 5.10 Å². The number of ketones is 1. The zero-order chi connectivity index (χ0) is 13.3. The number of hydrogen-bond acceptors (Lipinski definition) is 3. The number of aromatic nitrogens is 2. The highest BCUT2D eigenvalue weighted by atomic mass is 35.5. The summed E-state index contributed by atoms with van der Waals surface area (Å²) < 4.78 is 1.54. The van der Waals surface area contributed by atoms with Gasteiger partial charge in [0, 0.05) is 22.3 Å². The molecule has 2 rings (SSSR count). The van der Waals surface area contributed by atoms with Crippen LogP contribution in [0.5, 0.6) is 0 Å². The Morgan fingerprint density at radius 1 is 1.39 bits per heavy atom. The number of benzene rings is 1. The molecule has 94 valence electrons. The Morgan fingerprint density at radius 2 is 2.11 bits per heavy atom. The van der Waals surface area contributed by atoms with Crippen molar-refractivity contribution in [1.29, 1.82) is 0 Å². The molecule has 0 saturated heterocycles. The van der Waals surface area contributed by atoms with Crippen LogP contribution in [-0.4, -0.2) is 15.6 Å². The minimum absolute atomic E-state index is 0.102. The van der Waals surface area contributed by atoms with Crippen molar-refractivity contribution >= 4 is 34.8 Å². The fourth-order valence-electron chi connectivity index (χ4n) is 1.63. The van der Waals surface area contributed by atoms with Crippen LogP contribution < -0.4 is 5.73 Å². The van der Waals surface area contributed by atoms with Gasteiger partial charge in [-0.3, -0.25) is 9.48 Å². The first kappa shape index (κ1) is 12.9. The maximum absolute atomic E-state index is 12.1. The van der Waals surface area contributed by atoms with Gasteiger partial charge in [-0.15, -0.1) is 0 Å². The van der Waals surface area contributed by atoms with Crippen molar-refractivity contribution in [3.05, 3.63) is 45.6 Å². The number of aryl methyl sites for hydroxylation is 1. The van der Waals surface area contributed by atoms with Gasteiger partial charge in [-0.1, -0.05) is 23.2 Å². The quantitative estimate of drug-likeness (QED) is 0.881. The lowest BCUT2D eigenvalue weighted by molar-refractivity contribution is 0.0967. The summed E-state index contributed by atoms with van der Waals surface area (Å²) in [6, 6.07) is 6.48. The second-order valence-corrected chi connectivity index (χ2v) is 4.76. The molecule has 0 aliphatic carbocycles. The predicted molar refractivity (Wildman–Crippen MR) is 72.2 cm³/mol. The first-order valence-electron chi connectivity index (χ1n) is 5.25. The molecule has 0 spiro atoms. The van der Waals surface area contributed by atoms with Crippen LogP contribution >= 0.6 is 23.2 Å². The van der Waals surface area contributed by atoms with E-state index in [2.05, 4.69) is 5.10 Å². The van der Waals surface area contributed by atoms with E-state index >= 15 is 0 Å². The molecule has 1 heterocycles. The predicted octanol–water partition coefficient (Wildman–Crippen LogP) is 2.96. The van der Waals surface area contributed by atoms with E-state index in [4.69, 9.17) is 28.9 Å². The fraction of sp³-hybridized carbons (Fsp3) is 0.167. The van der Waals surface area contributed by atoms with Gasteiger partial charge < -0.3 is 5.73 Å². The topological polar surface area (TPSA) is 60.9 Å². The lowest BCUT2D eigenvalue weighted by atomic mass is 10.1. The van der Waals surface area contributed by atoms with Crippen LogP contribution in [0.15, 0.2) is 24.3 Å². The normalized spacial score (nSPS) is 10.6. The van der Waals surface area contributed by atoms with Gasteiger partial charge in [0.1, 0.15) is 12.4 Å². The number of carbonyl (C=O) groups is 1. The highest BCUT2D eigenvalue weighted by Gasteiger charge is 2.13. The average Bonchev–Trinajstić information content (AvgIpc) is 2.57. The number of nitrogen functional groups attached to an aromatic ring is 1. The van der Waals surface area contributed by atoms with Crippen molar-refractivity contribution in [2.45, 2.75) is 13.5 Å². The van der Waals surface area contributed by atoms with E-state index in [0.717, 1.165) is 5.69 Å². The van der Waals surface area contributed by atoms with E-state index in [0.29, 0.717) is 21.4 Å². The number of rotatable bonds is 3. The molecule has 0 atom stereocenters. The van der Waals surface area contributed by atoms with Gasteiger partial charge in [0.2, 0.25) is 0 Å². The second-order valence-electron chi connectivity index (χ2n) is 3.92. The molecule has 18 heavy (non-hydrogen) atoms. The molecule has 0 radical (unpaired) electrons. The molecule has 0 aliphatic heterocycles. The van der Waals surface area contributed by atoms with Crippen LogP contribution in [0.25, 0.3) is 0 Å². The summed E-state index contributed by atoms with van der Waals surface area (Å²) >= 11 is 11.8. The molecule has 0 fully saturated rings. The summed E-state index contributed by atoms with van der Waals surface area (Å²) in [4.78, 5) is 12.1. The lowest BCUT2D eigenvalue weighted by Crippen LogP contribution is -2.13. The Balaban J connectivity index is 2.24. The van der Waals surface area contributed by atoms with Crippen LogP contribution in [0.3, 0.4) is 0 Å². The molecular weight excluding hydrogens is 273 g/mol. The van der Waals surface area contributed by atoms with Crippen LogP contribution in [-0.2, 0) is 6.54 Å². The van der Waals surface area contributed by atoms with E-state index in [-0.39, 0.29) is 12.3 Å². The Kier molecular flexibility index (Phi) is 3.59. The SMILES string of the molecule is Cc1cc(N)nn1CC(=O)c1ccc(Cl)cc1Cl. The molecule has 4 nitrogen and oxygen atoms in total. The zero-order valence-corrected chi connectivity index (χ0v) is 11.2. The monoisotopic (exact) mass is 283 g/mol. The molecule has 0 aliphatic rings. The van der Waals surface area contributed by atoms with E-state index in [9.17, 15) is 4.79 Å². The number of Topliss-reactive ketones (excluding diaryl/α,β-unsaturated/α-hetero) is 1. The summed E-state index contributed by atoms with van der Waals surface area (Å²) in [5.74, 6) is 0.255. The molecule has 1 aromatic carbocycles. The molecule has 0 bridgehead atoms. The summed E-state index contributed by atoms with van der Waals surface area (Å²) in [7, 11) is 0. The molecular formula is C12H11Cl2N3O. The number of hydrogen-bond donors (Lipinski definition) is 1. The van der Waals surface area contributed by atoms with Gasteiger partial charge in [0.05, 0.1) is 5.02 Å². The minimum atomic E-state index is -0.136. The van der Waals surface area contributed by atoms with E-state index in [1.165, 1.54) is 0 Å². The van der Waals surface area contributed by atoms with E-state index < -0.39 is 0 Å². The number of halogens is 2. The number of carbonyl (C=O) groups excluding carboxylic acids is 1. The highest BCUT2D eigenvalue weighted by Crippen LogP contribution is 2.22. The molecule has 0 amide bonds. The van der Waals surface area contributed by atoms with Gasteiger partial charge in [-0.05, 0) is 25.1 Å². The van der Waals surface area contributed by atoms with Crippen molar-refractivity contribution < 1.29 is 4.79 Å². The maximum atomic E-state index is 12.1. The molecule has 6 heteroatoms. The van der Waals surface area contributed by atoms with Crippen LogP contribution in [0.4, 0.5) is 5.82 Å². The molecule has 1 aromatic heterocycles. The molecule has 2 aromatic rings. The third-order valence-electron chi connectivity index (χ3n) is 2.53. The zero-order valence-electron chi connectivity index (χ0n) is 9.65. The van der Waals surface area contributed by atoms with E-state index in [1.54, 1.807) is 28.9 Å². The maximum Gasteiger partial charge on any atom is 0.185 e. The molecule has 0 unspecified atom stereocenters. The fourth-order valence-corrected chi connectivity index (χ4v) is 2.15. The van der Waals surface area contributed by atoms with Gasteiger partial charge >= 0.3 is 0 Å². The first-order chi connectivity index (χ1) is 8.47. The number of nitrogens with zero attached hydrogens (tertiary/aromatic N) is 2. The third kappa shape index (κ3) is 2.66. The Bertz CT molecular complexity index is 607. The summed E-state index contributed by atoms with van der Waals surface area (Å²) in [6.07, 6.45) is 0. The minimum Gasteiger partial charge on any atom is -0.382 e. The highest BCUT2D eigenvalue weighted by molar-refractivity contribution is 6.36. The van der Waals surface area contributed by atoms with Crippen molar-refractivity contribution in [3.8, 4) is 0 Å². The van der Waals surface area contributed by atoms with E-state index in [1.807, 2.05) is 6.92 Å². The Labute approximate surface area is 114 Å². The standard InChI is InChI=1S/C12H11Cl2N3O/c1-7-4-12(15)16-17(7)6-11(18)9-3-2-8(13)5-10(9)14/h2-5H,6H2,1H3,(H2,15,16). The number of nitrogens with two attached hydrogens (primary N) is 1. The largest absolute Gasteiger partial charge is 0.382 e. The van der Waals surface area contributed by atoms with Crippen molar-refractivity contribution in [2.24, 2.45) is 0 Å². The van der Waals surface area contributed by atoms with Crippen LogP contribution in [0, 0.1) is 6.92 Å².